The molecule has 1 atom stereocenters. The Morgan fingerprint density at radius 3 is 2.17 bits per heavy atom. The van der Waals surface area contributed by atoms with Crippen molar-refractivity contribution in [2.24, 2.45) is 5.92 Å². The van der Waals surface area contributed by atoms with Gasteiger partial charge in [0.1, 0.15) is 0 Å². The average Bonchev–Trinajstić information content (AvgIpc) is 2.37. The van der Waals surface area contributed by atoms with E-state index in [0.29, 0.717) is 19.1 Å². The first-order valence-corrected chi connectivity index (χ1v) is 6.65. The van der Waals surface area contributed by atoms with Crippen molar-refractivity contribution < 1.29 is 19.1 Å². The van der Waals surface area contributed by atoms with Crippen LogP contribution in [0.3, 0.4) is 0 Å². The number of rotatable bonds is 9. The van der Waals surface area contributed by atoms with Crippen molar-refractivity contribution >= 4 is 11.9 Å². The van der Waals surface area contributed by atoms with E-state index >= 15 is 0 Å². The van der Waals surface area contributed by atoms with Gasteiger partial charge in [0.25, 0.3) is 0 Å². The molecule has 0 aliphatic carbocycles. The van der Waals surface area contributed by atoms with Crippen LogP contribution in [0.4, 0.5) is 0 Å². The van der Waals surface area contributed by atoms with E-state index < -0.39 is 11.9 Å². The molecule has 0 aliphatic heterocycles. The van der Waals surface area contributed by atoms with Gasteiger partial charge in [-0.15, -0.1) is 0 Å². The summed E-state index contributed by atoms with van der Waals surface area (Å²) >= 11 is 0. The van der Waals surface area contributed by atoms with E-state index in [-0.39, 0.29) is 0 Å². The van der Waals surface area contributed by atoms with Crippen LogP contribution in [0.25, 0.3) is 0 Å². The normalized spacial score (nSPS) is 12.4. The fourth-order valence-corrected chi connectivity index (χ4v) is 1.47. The molecule has 0 heterocycles. The van der Waals surface area contributed by atoms with Crippen molar-refractivity contribution in [3.05, 3.63) is 12.2 Å². The highest BCUT2D eigenvalue weighted by atomic mass is 16.5. The maximum Gasteiger partial charge on any atom is 0.331 e. The summed E-state index contributed by atoms with van der Waals surface area (Å²) in [6, 6.07) is 0. The fourth-order valence-electron chi connectivity index (χ4n) is 1.47. The third-order valence-corrected chi connectivity index (χ3v) is 2.65. The Bertz CT molecular complexity index is 271. The van der Waals surface area contributed by atoms with E-state index in [0.717, 1.165) is 37.8 Å². The molecule has 4 heteroatoms. The van der Waals surface area contributed by atoms with E-state index in [9.17, 15) is 9.59 Å². The second-order valence-electron chi connectivity index (χ2n) is 4.13. The summed E-state index contributed by atoms with van der Waals surface area (Å²) in [6.07, 6.45) is 6.57. The minimum atomic E-state index is -0.521. The summed E-state index contributed by atoms with van der Waals surface area (Å²) < 4.78 is 9.75. The number of hydrogen-bond acceptors (Lipinski definition) is 4. The van der Waals surface area contributed by atoms with Crippen LogP contribution < -0.4 is 0 Å². The molecule has 0 saturated heterocycles. The van der Waals surface area contributed by atoms with Gasteiger partial charge in [0, 0.05) is 12.2 Å². The number of esters is 2. The molecule has 4 nitrogen and oxygen atoms in total. The van der Waals surface area contributed by atoms with Gasteiger partial charge < -0.3 is 9.47 Å². The third-order valence-electron chi connectivity index (χ3n) is 2.65. The van der Waals surface area contributed by atoms with Gasteiger partial charge in [0.2, 0.25) is 0 Å². The zero-order chi connectivity index (χ0) is 13.8. The number of carbonyl (C=O) groups excluding carboxylic acids is 2. The van der Waals surface area contributed by atoms with Gasteiger partial charge in [-0.05, 0) is 19.3 Å². The molecule has 1 unspecified atom stereocenters. The maximum atomic E-state index is 11.3. The SMILES string of the molecule is CCCCC(CC)COC(=O)C=CC(=O)OCC. The summed E-state index contributed by atoms with van der Waals surface area (Å²) in [5.74, 6) is -0.602. The lowest BCUT2D eigenvalue weighted by Crippen LogP contribution is -2.12. The highest BCUT2D eigenvalue weighted by molar-refractivity contribution is 5.91. The van der Waals surface area contributed by atoms with Gasteiger partial charge in [-0.3, -0.25) is 0 Å². The Labute approximate surface area is 109 Å². The summed E-state index contributed by atoms with van der Waals surface area (Å²) in [4.78, 5) is 22.3. The van der Waals surface area contributed by atoms with Crippen molar-refractivity contribution in [3.8, 4) is 0 Å². The second-order valence-corrected chi connectivity index (χ2v) is 4.13. The highest BCUT2D eigenvalue weighted by Gasteiger charge is 2.08. The molecule has 0 aromatic rings. The predicted molar refractivity (Wildman–Crippen MR) is 70.0 cm³/mol. The van der Waals surface area contributed by atoms with Crippen LogP contribution in [-0.2, 0) is 19.1 Å². The van der Waals surface area contributed by atoms with E-state index in [1.807, 2.05) is 0 Å². The molecule has 0 bridgehead atoms. The molecule has 0 amide bonds. The molecule has 0 fully saturated rings. The first-order valence-electron chi connectivity index (χ1n) is 6.65. The molecule has 0 saturated carbocycles. The smallest absolute Gasteiger partial charge is 0.331 e. The zero-order valence-electron chi connectivity index (χ0n) is 11.6. The molecule has 0 N–H and O–H groups in total. The number of ether oxygens (including phenoxy) is 2. The Hall–Kier alpha value is -1.32. The molecular formula is C14H24O4. The summed E-state index contributed by atoms with van der Waals surface area (Å²) in [5.41, 5.74) is 0. The van der Waals surface area contributed by atoms with Crippen molar-refractivity contribution in [1.29, 1.82) is 0 Å². The molecule has 18 heavy (non-hydrogen) atoms. The van der Waals surface area contributed by atoms with Gasteiger partial charge in [0.05, 0.1) is 13.2 Å². The second kappa shape index (κ2) is 10.8. The minimum Gasteiger partial charge on any atom is -0.463 e. The Morgan fingerprint density at radius 1 is 1.06 bits per heavy atom. The van der Waals surface area contributed by atoms with Crippen LogP contribution in [0.1, 0.15) is 46.5 Å². The summed E-state index contributed by atoms with van der Waals surface area (Å²) in [6.45, 7) is 6.66. The third kappa shape index (κ3) is 8.79. The standard InChI is InChI=1S/C14H24O4/c1-4-7-8-12(5-2)11-18-14(16)10-9-13(15)17-6-3/h9-10,12H,4-8,11H2,1-3H3. The molecule has 0 aromatic carbocycles. The minimum absolute atomic E-state index is 0.299. The summed E-state index contributed by atoms with van der Waals surface area (Å²) in [7, 11) is 0. The predicted octanol–water partition coefficient (Wildman–Crippen LogP) is 2.87. The first kappa shape index (κ1) is 16.7. The Balaban J connectivity index is 3.90. The van der Waals surface area contributed by atoms with Crippen LogP contribution >= 0.6 is 0 Å². The van der Waals surface area contributed by atoms with Crippen molar-refractivity contribution in [2.45, 2.75) is 46.5 Å². The lowest BCUT2D eigenvalue weighted by atomic mass is 10.0. The molecule has 0 spiro atoms. The van der Waals surface area contributed by atoms with Gasteiger partial charge in [-0.25, -0.2) is 9.59 Å². The van der Waals surface area contributed by atoms with Crippen LogP contribution in [-0.4, -0.2) is 25.2 Å². The number of hydrogen-bond donors (Lipinski definition) is 0. The molecule has 0 aliphatic rings. The van der Waals surface area contributed by atoms with Crippen LogP contribution in [0.2, 0.25) is 0 Å². The van der Waals surface area contributed by atoms with Gasteiger partial charge in [-0.1, -0.05) is 33.1 Å². The van der Waals surface area contributed by atoms with E-state index in [2.05, 4.69) is 18.6 Å². The van der Waals surface area contributed by atoms with Crippen LogP contribution in [0.5, 0.6) is 0 Å². The van der Waals surface area contributed by atoms with Gasteiger partial charge >= 0.3 is 11.9 Å². The van der Waals surface area contributed by atoms with Gasteiger partial charge in [-0.2, -0.15) is 0 Å². The van der Waals surface area contributed by atoms with E-state index in [4.69, 9.17) is 4.74 Å². The monoisotopic (exact) mass is 256 g/mol. The van der Waals surface area contributed by atoms with E-state index in [1.54, 1.807) is 6.92 Å². The Morgan fingerprint density at radius 2 is 1.67 bits per heavy atom. The number of unbranched alkanes of at least 4 members (excludes halogenated alkanes) is 1. The Kier molecular flexibility index (Phi) is 10.0. The molecule has 0 aromatic heterocycles. The first-order chi connectivity index (χ1) is 8.63. The molecule has 0 rings (SSSR count). The fraction of sp³-hybridized carbons (Fsp3) is 0.714. The van der Waals surface area contributed by atoms with Gasteiger partial charge in [0.15, 0.2) is 0 Å². The molecule has 104 valence electrons. The summed E-state index contributed by atoms with van der Waals surface area (Å²) in [5, 5.41) is 0. The van der Waals surface area contributed by atoms with Crippen molar-refractivity contribution in [3.63, 3.8) is 0 Å². The molecular weight excluding hydrogens is 232 g/mol. The zero-order valence-corrected chi connectivity index (χ0v) is 11.6. The maximum absolute atomic E-state index is 11.3. The topological polar surface area (TPSA) is 52.6 Å². The largest absolute Gasteiger partial charge is 0.463 e. The lowest BCUT2D eigenvalue weighted by molar-refractivity contribution is -0.141. The molecule has 0 radical (unpaired) electrons. The number of carbonyl (C=O) groups is 2. The quantitative estimate of drug-likeness (QED) is 0.470. The average molecular weight is 256 g/mol. The van der Waals surface area contributed by atoms with Crippen molar-refractivity contribution in [1.82, 2.24) is 0 Å². The van der Waals surface area contributed by atoms with Crippen LogP contribution in [0.15, 0.2) is 12.2 Å². The van der Waals surface area contributed by atoms with Crippen LogP contribution in [0, 0.1) is 5.92 Å². The lowest BCUT2D eigenvalue weighted by Gasteiger charge is -2.13. The van der Waals surface area contributed by atoms with Crippen molar-refractivity contribution in [2.75, 3.05) is 13.2 Å². The highest BCUT2D eigenvalue weighted by Crippen LogP contribution is 2.12. The van der Waals surface area contributed by atoms with E-state index in [1.165, 1.54) is 0 Å².